The van der Waals surface area contributed by atoms with Crippen molar-refractivity contribution in [2.75, 3.05) is 24.3 Å². The molecule has 110 valence electrons. The van der Waals surface area contributed by atoms with Crippen molar-refractivity contribution in [2.45, 2.75) is 4.90 Å². The van der Waals surface area contributed by atoms with Crippen molar-refractivity contribution >= 4 is 23.5 Å². The summed E-state index contributed by atoms with van der Waals surface area (Å²) in [5.41, 5.74) is 0. The standard InChI is InChI=1S/C14H15N3O3S/c1-17-5-4-13(16-17)15-14(18)9-21-10-2-3-11-12(8-10)20-7-6-19-11/h2-5,8H,6-7,9H2,1H3,(H,15,16,18). The van der Waals surface area contributed by atoms with Gasteiger partial charge in [0.15, 0.2) is 17.3 Å². The van der Waals surface area contributed by atoms with Crippen LogP contribution in [0.2, 0.25) is 0 Å². The summed E-state index contributed by atoms with van der Waals surface area (Å²) in [6.45, 7) is 1.13. The van der Waals surface area contributed by atoms with Gasteiger partial charge in [0.2, 0.25) is 5.91 Å². The highest BCUT2D eigenvalue weighted by Crippen LogP contribution is 2.34. The second-order valence-corrected chi connectivity index (χ2v) is 5.57. The van der Waals surface area contributed by atoms with Gasteiger partial charge >= 0.3 is 0 Å². The van der Waals surface area contributed by atoms with E-state index in [1.54, 1.807) is 24.0 Å². The number of nitrogens with one attached hydrogen (secondary N) is 1. The quantitative estimate of drug-likeness (QED) is 0.874. The van der Waals surface area contributed by atoms with Crippen molar-refractivity contribution < 1.29 is 14.3 Å². The van der Waals surface area contributed by atoms with Crippen LogP contribution in [0.3, 0.4) is 0 Å². The minimum atomic E-state index is -0.0893. The highest BCUT2D eigenvalue weighted by atomic mass is 32.2. The number of hydrogen-bond donors (Lipinski definition) is 1. The largest absolute Gasteiger partial charge is 0.486 e. The Labute approximate surface area is 126 Å². The highest BCUT2D eigenvalue weighted by molar-refractivity contribution is 8.00. The lowest BCUT2D eigenvalue weighted by Gasteiger charge is -2.18. The molecule has 0 atom stereocenters. The Hall–Kier alpha value is -2.15. The fourth-order valence-corrected chi connectivity index (χ4v) is 2.65. The summed E-state index contributed by atoms with van der Waals surface area (Å²) in [5.74, 6) is 2.27. The molecule has 0 aliphatic carbocycles. The highest BCUT2D eigenvalue weighted by Gasteiger charge is 2.12. The summed E-state index contributed by atoms with van der Waals surface area (Å²) in [5, 5.41) is 6.85. The first-order valence-corrected chi connectivity index (χ1v) is 7.51. The van der Waals surface area contributed by atoms with Gasteiger partial charge in [0.05, 0.1) is 5.75 Å². The van der Waals surface area contributed by atoms with Crippen molar-refractivity contribution in [1.29, 1.82) is 0 Å². The van der Waals surface area contributed by atoms with Gasteiger partial charge in [-0.15, -0.1) is 11.8 Å². The lowest BCUT2D eigenvalue weighted by molar-refractivity contribution is -0.113. The number of anilines is 1. The molecule has 3 rings (SSSR count). The van der Waals surface area contributed by atoms with E-state index in [9.17, 15) is 4.79 Å². The monoisotopic (exact) mass is 305 g/mol. The van der Waals surface area contributed by atoms with E-state index in [0.717, 1.165) is 16.4 Å². The maximum absolute atomic E-state index is 11.8. The fraction of sp³-hybridized carbons (Fsp3) is 0.286. The fourth-order valence-electron chi connectivity index (χ4n) is 1.92. The van der Waals surface area contributed by atoms with Gasteiger partial charge < -0.3 is 14.8 Å². The number of ether oxygens (including phenoxy) is 2. The Bertz CT molecular complexity index is 657. The van der Waals surface area contributed by atoms with Gasteiger partial charge in [-0.1, -0.05) is 0 Å². The van der Waals surface area contributed by atoms with Crippen LogP contribution < -0.4 is 14.8 Å². The smallest absolute Gasteiger partial charge is 0.235 e. The number of carbonyl (C=O) groups is 1. The van der Waals surface area contributed by atoms with E-state index in [2.05, 4.69) is 10.4 Å². The first kappa shape index (κ1) is 13.8. The molecule has 6 nitrogen and oxygen atoms in total. The van der Waals surface area contributed by atoms with Gasteiger partial charge in [-0.25, -0.2) is 0 Å². The number of aromatic nitrogens is 2. The molecule has 0 radical (unpaired) electrons. The van der Waals surface area contributed by atoms with Gasteiger partial charge in [-0.2, -0.15) is 5.10 Å². The maximum Gasteiger partial charge on any atom is 0.235 e. The zero-order chi connectivity index (χ0) is 14.7. The lowest BCUT2D eigenvalue weighted by atomic mass is 10.3. The van der Waals surface area contributed by atoms with E-state index in [0.29, 0.717) is 24.8 Å². The van der Waals surface area contributed by atoms with E-state index >= 15 is 0 Å². The van der Waals surface area contributed by atoms with Crippen LogP contribution in [0.15, 0.2) is 35.4 Å². The number of rotatable bonds is 4. The van der Waals surface area contributed by atoms with E-state index in [1.807, 2.05) is 18.2 Å². The van der Waals surface area contributed by atoms with Crippen LogP contribution in [0, 0.1) is 0 Å². The average Bonchev–Trinajstić information content (AvgIpc) is 2.90. The van der Waals surface area contributed by atoms with Gasteiger partial charge in [-0.05, 0) is 18.2 Å². The third-order valence-corrected chi connectivity index (χ3v) is 3.86. The van der Waals surface area contributed by atoms with E-state index in [-0.39, 0.29) is 5.91 Å². The molecule has 0 spiro atoms. The number of carbonyl (C=O) groups excluding carboxylic acids is 1. The van der Waals surface area contributed by atoms with Crippen molar-refractivity contribution in [1.82, 2.24) is 9.78 Å². The van der Waals surface area contributed by atoms with E-state index in [4.69, 9.17) is 9.47 Å². The normalized spacial score (nSPS) is 13.0. The molecule has 2 aromatic rings. The number of aryl methyl sites for hydroxylation is 1. The van der Waals surface area contributed by atoms with Gasteiger partial charge in [0.1, 0.15) is 13.2 Å². The molecule has 0 fully saturated rings. The number of amides is 1. The Morgan fingerprint density at radius 1 is 1.33 bits per heavy atom. The third-order valence-electron chi connectivity index (χ3n) is 2.86. The summed E-state index contributed by atoms with van der Waals surface area (Å²) in [4.78, 5) is 12.8. The summed E-state index contributed by atoms with van der Waals surface area (Å²) < 4.78 is 12.6. The summed E-state index contributed by atoms with van der Waals surface area (Å²) in [6.07, 6.45) is 1.78. The Kier molecular flexibility index (Phi) is 4.01. The van der Waals surface area contributed by atoms with Crippen molar-refractivity contribution in [3.8, 4) is 11.5 Å². The van der Waals surface area contributed by atoms with Crippen LogP contribution in [0.5, 0.6) is 11.5 Å². The zero-order valence-electron chi connectivity index (χ0n) is 11.5. The van der Waals surface area contributed by atoms with Crippen LogP contribution in [-0.2, 0) is 11.8 Å². The second kappa shape index (κ2) is 6.09. The molecular formula is C14H15N3O3S. The van der Waals surface area contributed by atoms with Crippen LogP contribution in [0.1, 0.15) is 0 Å². The molecule has 0 bridgehead atoms. The molecule has 21 heavy (non-hydrogen) atoms. The predicted molar refractivity (Wildman–Crippen MR) is 80.0 cm³/mol. The van der Waals surface area contributed by atoms with E-state index < -0.39 is 0 Å². The van der Waals surface area contributed by atoms with E-state index in [1.165, 1.54) is 11.8 Å². The molecule has 1 aromatic heterocycles. The maximum atomic E-state index is 11.8. The van der Waals surface area contributed by atoms with Gasteiger partial charge in [-0.3, -0.25) is 9.48 Å². The Morgan fingerprint density at radius 3 is 2.90 bits per heavy atom. The second-order valence-electron chi connectivity index (χ2n) is 4.52. The molecule has 2 heterocycles. The van der Waals surface area contributed by atoms with Crippen molar-refractivity contribution in [2.24, 2.45) is 7.05 Å². The van der Waals surface area contributed by atoms with Crippen LogP contribution in [0.25, 0.3) is 0 Å². The summed E-state index contributed by atoms with van der Waals surface area (Å²) >= 11 is 1.45. The lowest BCUT2D eigenvalue weighted by Crippen LogP contribution is -2.15. The number of nitrogens with zero attached hydrogens (tertiary/aromatic N) is 2. The van der Waals surface area contributed by atoms with Crippen molar-refractivity contribution in [3.05, 3.63) is 30.5 Å². The summed E-state index contributed by atoms with van der Waals surface area (Å²) in [7, 11) is 1.81. The SMILES string of the molecule is Cn1ccc(NC(=O)CSc2ccc3c(c2)OCCO3)n1. The van der Waals surface area contributed by atoms with Crippen molar-refractivity contribution in [3.63, 3.8) is 0 Å². The Balaban J connectivity index is 1.56. The molecule has 1 aromatic carbocycles. The minimum Gasteiger partial charge on any atom is -0.486 e. The molecule has 0 saturated carbocycles. The number of fused-ring (bicyclic) bond motifs is 1. The molecule has 1 amide bonds. The topological polar surface area (TPSA) is 65.4 Å². The first-order valence-electron chi connectivity index (χ1n) is 6.53. The predicted octanol–water partition coefficient (Wildman–Crippen LogP) is 1.92. The number of thioether (sulfide) groups is 1. The average molecular weight is 305 g/mol. The molecule has 1 aliphatic heterocycles. The molecule has 0 unspecified atom stereocenters. The molecule has 1 N–H and O–H groups in total. The van der Waals surface area contributed by atoms with Crippen LogP contribution >= 0.6 is 11.8 Å². The number of benzene rings is 1. The Morgan fingerprint density at radius 2 is 2.14 bits per heavy atom. The molecule has 1 aliphatic rings. The van der Waals surface area contributed by atoms with Gasteiger partial charge in [0, 0.05) is 24.2 Å². The zero-order valence-corrected chi connectivity index (χ0v) is 12.4. The third kappa shape index (κ3) is 3.49. The van der Waals surface area contributed by atoms with Crippen LogP contribution in [0.4, 0.5) is 5.82 Å². The molecule has 7 heteroatoms. The van der Waals surface area contributed by atoms with Gasteiger partial charge in [0.25, 0.3) is 0 Å². The van der Waals surface area contributed by atoms with Crippen LogP contribution in [-0.4, -0.2) is 34.7 Å². The number of hydrogen-bond acceptors (Lipinski definition) is 5. The first-order chi connectivity index (χ1) is 10.2. The minimum absolute atomic E-state index is 0.0893. The molecule has 0 saturated heterocycles. The molecular weight excluding hydrogens is 290 g/mol. The summed E-state index contributed by atoms with van der Waals surface area (Å²) in [6, 6.07) is 7.44.